The van der Waals surface area contributed by atoms with Gasteiger partial charge in [0.2, 0.25) is 0 Å². The first-order chi connectivity index (χ1) is 9.76. The molecule has 3 N–H and O–H groups in total. The lowest BCUT2D eigenvalue weighted by molar-refractivity contribution is 0.384. The van der Waals surface area contributed by atoms with Crippen LogP contribution >= 0.6 is 0 Å². The first-order valence-electron chi connectivity index (χ1n) is 7.19. The van der Waals surface area contributed by atoms with Crippen LogP contribution in [0.1, 0.15) is 23.2 Å². The van der Waals surface area contributed by atoms with Gasteiger partial charge in [0.15, 0.2) is 0 Å². The molecule has 0 amide bonds. The van der Waals surface area contributed by atoms with Crippen molar-refractivity contribution in [1.29, 1.82) is 0 Å². The van der Waals surface area contributed by atoms with Crippen molar-refractivity contribution in [3.8, 4) is 0 Å². The minimum atomic E-state index is -0.237. The smallest absolute Gasteiger partial charge is 0.0458 e. The highest BCUT2D eigenvalue weighted by Gasteiger charge is 2.33. The molecule has 0 radical (unpaired) electrons. The summed E-state index contributed by atoms with van der Waals surface area (Å²) in [5.74, 6) is 0. The van der Waals surface area contributed by atoms with Gasteiger partial charge in [0.05, 0.1) is 0 Å². The Bertz CT molecular complexity index is 757. The average Bonchev–Trinajstić information content (AvgIpc) is 2.86. The Balaban J connectivity index is 1.83. The number of aromatic nitrogens is 1. The predicted molar refractivity (Wildman–Crippen MR) is 82.6 cm³/mol. The van der Waals surface area contributed by atoms with Crippen LogP contribution in [0.5, 0.6) is 0 Å². The Morgan fingerprint density at radius 2 is 1.70 bits per heavy atom. The molecule has 1 heterocycles. The van der Waals surface area contributed by atoms with Crippen LogP contribution in [0.2, 0.25) is 0 Å². The molecule has 1 aliphatic carbocycles. The molecule has 2 heteroatoms. The summed E-state index contributed by atoms with van der Waals surface area (Å²) in [5, 5.41) is 1.33. The van der Waals surface area contributed by atoms with Gasteiger partial charge in [-0.15, -0.1) is 0 Å². The summed E-state index contributed by atoms with van der Waals surface area (Å²) in [6.07, 6.45) is 2.93. The van der Waals surface area contributed by atoms with Crippen LogP contribution < -0.4 is 5.73 Å². The molecule has 1 atom stereocenters. The van der Waals surface area contributed by atoms with Crippen molar-refractivity contribution in [3.05, 3.63) is 71.4 Å². The minimum Gasteiger partial charge on any atom is -0.358 e. The molecule has 2 nitrogen and oxygen atoms in total. The van der Waals surface area contributed by atoms with E-state index in [2.05, 4.69) is 53.5 Å². The number of para-hydroxylation sites is 1. The van der Waals surface area contributed by atoms with Gasteiger partial charge in [0, 0.05) is 22.1 Å². The van der Waals surface area contributed by atoms with E-state index in [1.165, 1.54) is 27.7 Å². The summed E-state index contributed by atoms with van der Waals surface area (Å²) in [4.78, 5) is 3.55. The lowest BCUT2D eigenvalue weighted by Crippen LogP contribution is -2.42. The van der Waals surface area contributed by atoms with E-state index in [9.17, 15) is 0 Å². The number of hydrogen-bond acceptors (Lipinski definition) is 1. The maximum absolute atomic E-state index is 6.73. The number of hydrogen-bond donors (Lipinski definition) is 2. The highest BCUT2D eigenvalue weighted by Crippen LogP contribution is 2.37. The van der Waals surface area contributed by atoms with Gasteiger partial charge in [-0.3, -0.25) is 0 Å². The van der Waals surface area contributed by atoms with Gasteiger partial charge >= 0.3 is 0 Å². The Morgan fingerprint density at radius 3 is 2.55 bits per heavy atom. The zero-order valence-corrected chi connectivity index (χ0v) is 11.4. The number of rotatable bonds is 1. The number of nitrogens with one attached hydrogen (secondary N) is 1. The summed E-state index contributed by atoms with van der Waals surface area (Å²) in [5.41, 5.74) is 11.7. The summed E-state index contributed by atoms with van der Waals surface area (Å²) < 4.78 is 0. The number of aryl methyl sites for hydroxylation is 1. The van der Waals surface area contributed by atoms with Crippen molar-refractivity contribution in [2.75, 3.05) is 0 Å². The second-order valence-corrected chi connectivity index (χ2v) is 5.83. The number of aromatic amines is 1. The number of H-pyrrole nitrogens is 1. The van der Waals surface area contributed by atoms with Gasteiger partial charge < -0.3 is 10.7 Å². The van der Waals surface area contributed by atoms with E-state index in [4.69, 9.17) is 5.73 Å². The maximum atomic E-state index is 6.73. The lowest BCUT2D eigenvalue weighted by Gasteiger charge is -2.34. The second-order valence-electron chi connectivity index (χ2n) is 5.83. The molecular formula is C18H18N2. The topological polar surface area (TPSA) is 41.8 Å². The summed E-state index contributed by atoms with van der Waals surface area (Å²) in [6.45, 7) is 0. The fourth-order valence-electron chi connectivity index (χ4n) is 3.44. The number of nitrogens with two attached hydrogens (primary N) is 1. The van der Waals surface area contributed by atoms with Crippen LogP contribution in [0.15, 0.2) is 54.6 Å². The van der Waals surface area contributed by atoms with Crippen molar-refractivity contribution in [2.24, 2.45) is 5.73 Å². The standard InChI is InChI=1S/C18H18N2/c19-18(13-6-2-1-3-7-13)11-10-17-15(12-18)14-8-4-5-9-16(14)20-17/h1-9,20H,10-12,19H2. The molecule has 0 aliphatic heterocycles. The molecule has 2 aromatic carbocycles. The largest absolute Gasteiger partial charge is 0.358 e. The van der Waals surface area contributed by atoms with Crippen LogP contribution in [0, 0.1) is 0 Å². The van der Waals surface area contributed by atoms with Gasteiger partial charge in [-0.25, -0.2) is 0 Å². The highest BCUT2D eigenvalue weighted by atomic mass is 14.8. The quantitative estimate of drug-likeness (QED) is 0.692. The molecule has 0 spiro atoms. The monoisotopic (exact) mass is 262 g/mol. The summed E-state index contributed by atoms with van der Waals surface area (Å²) in [7, 11) is 0. The molecule has 1 unspecified atom stereocenters. The molecular weight excluding hydrogens is 244 g/mol. The molecule has 100 valence electrons. The fraction of sp³-hybridized carbons (Fsp3) is 0.222. The zero-order chi connectivity index (χ0) is 13.6. The first kappa shape index (κ1) is 11.7. The minimum absolute atomic E-state index is 0.237. The second kappa shape index (κ2) is 4.22. The third-order valence-corrected chi connectivity index (χ3v) is 4.56. The van der Waals surface area contributed by atoms with Gasteiger partial charge in [-0.05, 0) is 36.5 Å². The Morgan fingerprint density at radius 1 is 0.950 bits per heavy atom. The molecule has 3 aromatic rings. The van der Waals surface area contributed by atoms with E-state index in [1.54, 1.807) is 0 Å². The third kappa shape index (κ3) is 1.69. The van der Waals surface area contributed by atoms with E-state index in [1.807, 2.05) is 6.07 Å². The fourth-order valence-corrected chi connectivity index (χ4v) is 3.44. The van der Waals surface area contributed by atoms with Crippen molar-refractivity contribution in [1.82, 2.24) is 4.98 Å². The molecule has 20 heavy (non-hydrogen) atoms. The molecule has 0 saturated carbocycles. The summed E-state index contributed by atoms with van der Waals surface area (Å²) in [6, 6.07) is 19.0. The highest BCUT2D eigenvalue weighted by molar-refractivity contribution is 5.85. The maximum Gasteiger partial charge on any atom is 0.0458 e. The SMILES string of the molecule is NC1(c2ccccc2)CCc2[nH]c3ccccc3c2C1. The molecule has 0 fully saturated rings. The predicted octanol–water partition coefficient (Wildman–Crippen LogP) is 3.51. The average molecular weight is 262 g/mol. The van der Waals surface area contributed by atoms with E-state index in [0.717, 1.165) is 19.3 Å². The van der Waals surface area contributed by atoms with E-state index < -0.39 is 0 Å². The molecule has 0 bridgehead atoms. The lowest BCUT2D eigenvalue weighted by atomic mass is 9.76. The Hall–Kier alpha value is -2.06. The van der Waals surface area contributed by atoms with Crippen LogP contribution in [0.25, 0.3) is 10.9 Å². The van der Waals surface area contributed by atoms with Gasteiger partial charge in [-0.2, -0.15) is 0 Å². The van der Waals surface area contributed by atoms with Crippen molar-refractivity contribution in [3.63, 3.8) is 0 Å². The van der Waals surface area contributed by atoms with Crippen LogP contribution in [0.3, 0.4) is 0 Å². The Kier molecular flexibility index (Phi) is 2.48. The molecule has 0 saturated heterocycles. The molecule has 4 rings (SSSR count). The van der Waals surface area contributed by atoms with Crippen LogP contribution in [-0.4, -0.2) is 4.98 Å². The Labute approximate surface area is 118 Å². The molecule has 1 aliphatic rings. The zero-order valence-electron chi connectivity index (χ0n) is 11.4. The number of benzene rings is 2. The van der Waals surface area contributed by atoms with Crippen LogP contribution in [0.4, 0.5) is 0 Å². The number of fused-ring (bicyclic) bond motifs is 3. The summed E-state index contributed by atoms with van der Waals surface area (Å²) >= 11 is 0. The van der Waals surface area contributed by atoms with E-state index in [0.29, 0.717) is 0 Å². The van der Waals surface area contributed by atoms with Crippen LogP contribution in [-0.2, 0) is 18.4 Å². The van der Waals surface area contributed by atoms with Crippen molar-refractivity contribution in [2.45, 2.75) is 24.8 Å². The van der Waals surface area contributed by atoms with Gasteiger partial charge in [0.25, 0.3) is 0 Å². The normalized spacial score (nSPS) is 21.9. The van der Waals surface area contributed by atoms with E-state index >= 15 is 0 Å². The van der Waals surface area contributed by atoms with Gasteiger partial charge in [-0.1, -0.05) is 48.5 Å². The van der Waals surface area contributed by atoms with Crippen molar-refractivity contribution < 1.29 is 0 Å². The van der Waals surface area contributed by atoms with E-state index in [-0.39, 0.29) is 5.54 Å². The van der Waals surface area contributed by atoms with Crippen molar-refractivity contribution >= 4 is 10.9 Å². The first-order valence-corrected chi connectivity index (χ1v) is 7.19. The molecule has 1 aromatic heterocycles. The van der Waals surface area contributed by atoms with Gasteiger partial charge in [0.1, 0.15) is 0 Å². The third-order valence-electron chi connectivity index (χ3n) is 4.56.